The summed E-state index contributed by atoms with van der Waals surface area (Å²) in [5.74, 6) is 0. The van der Waals surface area contributed by atoms with Gasteiger partial charge >= 0.3 is 9.28 Å². The van der Waals surface area contributed by atoms with Crippen molar-refractivity contribution in [2.24, 2.45) is 5.73 Å². The summed E-state index contributed by atoms with van der Waals surface area (Å²) in [6, 6.07) is 1.49. The van der Waals surface area contributed by atoms with Crippen LogP contribution >= 0.6 is 0 Å². The molecule has 0 aromatic carbocycles. The first-order valence-electron chi connectivity index (χ1n) is 5.39. The molecule has 4 heteroatoms. The van der Waals surface area contributed by atoms with Crippen LogP contribution in [0.25, 0.3) is 0 Å². The van der Waals surface area contributed by atoms with E-state index in [0.29, 0.717) is 6.04 Å². The van der Waals surface area contributed by atoms with Crippen molar-refractivity contribution < 1.29 is 8.85 Å². The molecule has 2 N–H and O–H groups in total. The van der Waals surface area contributed by atoms with Gasteiger partial charge in [0.2, 0.25) is 0 Å². The molecule has 0 aromatic rings. The van der Waals surface area contributed by atoms with Gasteiger partial charge in [0.1, 0.15) is 0 Å². The zero-order chi connectivity index (χ0) is 11.4. The zero-order valence-electron chi connectivity index (χ0n) is 10.4. The molecule has 0 aromatic heterocycles. The fourth-order valence-electron chi connectivity index (χ4n) is 0.893. The third-order valence-corrected chi connectivity index (χ3v) is 3.50. The van der Waals surface area contributed by atoms with Gasteiger partial charge < -0.3 is 14.6 Å². The Balaban J connectivity index is 0. The van der Waals surface area contributed by atoms with E-state index in [1.165, 1.54) is 19.3 Å². The fraction of sp³-hybridized carbons (Fsp3) is 1.00. The van der Waals surface area contributed by atoms with Crippen molar-refractivity contribution in [3.8, 4) is 0 Å². The molecule has 0 saturated heterocycles. The highest BCUT2D eigenvalue weighted by Crippen LogP contribution is 2.04. The van der Waals surface area contributed by atoms with E-state index in [2.05, 4.69) is 6.92 Å². The van der Waals surface area contributed by atoms with Crippen molar-refractivity contribution in [1.82, 2.24) is 0 Å². The Bertz CT molecular complexity index is 95.4. The maximum Gasteiger partial charge on any atom is 0.320 e. The van der Waals surface area contributed by atoms with Gasteiger partial charge in [0.25, 0.3) is 0 Å². The zero-order valence-corrected chi connectivity index (χ0v) is 11.5. The number of unbranched alkanes of at least 4 members (excludes halogenated alkanes) is 2. The molecule has 0 aliphatic rings. The van der Waals surface area contributed by atoms with Crippen LogP contribution in [0.15, 0.2) is 0 Å². The molecule has 0 saturated carbocycles. The molecule has 88 valence electrons. The van der Waals surface area contributed by atoms with Gasteiger partial charge in [-0.05, 0) is 12.1 Å². The van der Waals surface area contributed by atoms with E-state index in [0.717, 1.165) is 6.04 Å². The number of hydrogen-bond acceptors (Lipinski definition) is 3. The first-order valence-corrected chi connectivity index (χ1v) is 7.15. The fourth-order valence-corrected chi connectivity index (χ4v) is 2.18. The molecular formula is C10H27NO2Si. The monoisotopic (exact) mass is 221 g/mol. The highest BCUT2D eigenvalue weighted by atomic mass is 28.3. The Morgan fingerprint density at radius 2 is 1.57 bits per heavy atom. The average molecular weight is 221 g/mol. The van der Waals surface area contributed by atoms with Crippen LogP contribution in [0.4, 0.5) is 0 Å². The maximum atomic E-state index is 5.16. The van der Waals surface area contributed by atoms with Crippen LogP contribution in [0.5, 0.6) is 0 Å². The molecule has 0 radical (unpaired) electrons. The van der Waals surface area contributed by atoms with Crippen LogP contribution in [-0.2, 0) is 8.85 Å². The Kier molecular flexibility index (Phi) is 15.5. The number of hydrogen-bond donors (Lipinski definition) is 1. The molecule has 3 nitrogen and oxygen atoms in total. The third kappa shape index (κ3) is 18.0. The van der Waals surface area contributed by atoms with Crippen molar-refractivity contribution in [2.75, 3.05) is 14.2 Å². The summed E-state index contributed by atoms with van der Waals surface area (Å²) in [5, 5.41) is 0. The van der Waals surface area contributed by atoms with Gasteiger partial charge in [-0.1, -0.05) is 40.0 Å². The summed E-state index contributed by atoms with van der Waals surface area (Å²) < 4.78 is 10.3. The van der Waals surface area contributed by atoms with Gasteiger partial charge in [-0.3, -0.25) is 0 Å². The highest BCUT2D eigenvalue weighted by molar-refractivity contribution is 6.44. The largest absolute Gasteiger partial charge is 0.400 e. The van der Waals surface area contributed by atoms with E-state index < -0.39 is 9.28 Å². The average Bonchev–Trinajstić information content (AvgIpc) is 2.12. The van der Waals surface area contributed by atoms with Crippen molar-refractivity contribution in [2.45, 2.75) is 52.1 Å². The van der Waals surface area contributed by atoms with Gasteiger partial charge in [-0.25, -0.2) is 0 Å². The first kappa shape index (κ1) is 16.5. The summed E-state index contributed by atoms with van der Waals surface area (Å²) >= 11 is 0. The SMILES string of the molecule is CC(C)N.CCCCC[SiH](OC)OC. The lowest BCUT2D eigenvalue weighted by Crippen LogP contribution is -2.18. The second kappa shape index (κ2) is 13.1. The normalized spacial score (nSPS) is 10.3. The van der Waals surface area contributed by atoms with E-state index in [1.807, 2.05) is 13.8 Å². The summed E-state index contributed by atoms with van der Waals surface area (Å²) in [5.41, 5.74) is 5.11. The lowest BCUT2D eigenvalue weighted by Gasteiger charge is -2.09. The number of nitrogens with two attached hydrogens (primary N) is 1. The van der Waals surface area contributed by atoms with Crippen molar-refractivity contribution in [3.63, 3.8) is 0 Å². The van der Waals surface area contributed by atoms with Crippen LogP contribution in [-0.4, -0.2) is 29.5 Å². The van der Waals surface area contributed by atoms with Crippen LogP contribution in [0.2, 0.25) is 6.04 Å². The minimum absolute atomic E-state index is 0.333. The lowest BCUT2D eigenvalue weighted by atomic mass is 10.3. The Morgan fingerprint density at radius 1 is 1.14 bits per heavy atom. The second-order valence-corrected chi connectivity index (χ2v) is 6.02. The molecule has 0 spiro atoms. The van der Waals surface area contributed by atoms with Crippen molar-refractivity contribution in [3.05, 3.63) is 0 Å². The predicted octanol–water partition coefficient (Wildman–Crippen LogP) is 2.04. The molecule has 0 bridgehead atoms. The second-order valence-electron chi connectivity index (χ2n) is 3.64. The topological polar surface area (TPSA) is 44.5 Å². The van der Waals surface area contributed by atoms with E-state index in [1.54, 1.807) is 14.2 Å². The standard InChI is InChI=1S/C7H18O2Si.C3H9N/c1-4-5-6-7-10(8-2)9-3;1-3(2)4/h10H,4-7H2,1-3H3;3H,4H2,1-2H3. The predicted molar refractivity (Wildman–Crippen MR) is 64.8 cm³/mol. The molecule has 0 amide bonds. The molecule has 0 atom stereocenters. The molecule has 14 heavy (non-hydrogen) atoms. The lowest BCUT2D eigenvalue weighted by molar-refractivity contribution is 0.276. The highest BCUT2D eigenvalue weighted by Gasteiger charge is 2.06. The molecule has 0 unspecified atom stereocenters. The molecular weight excluding hydrogens is 194 g/mol. The van der Waals surface area contributed by atoms with Crippen molar-refractivity contribution >= 4 is 9.28 Å². The summed E-state index contributed by atoms with van der Waals surface area (Å²) in [4.78, 5) is 0. The van der Waals surface area contributed by atoms with Crippen LogP contribution in [0.1, 0.15) is 40.0 Å². The number of rotatable bonds is 6. The summed E-state index contributed by atoms with van der Waals surface area (Å²) in [7, 11) is 2.26. The van der Waals surface area contributed by atoms with Gasteiger partial charge in [-0.15, -0.1) is 0 Å². The van der Waals surface area contributed by atoms with Gasteiger partial charge in [0, 0.05) is 14.2 Å². The molecule has 0 heterocycles. The third-order valence-electron chi connectivity index (χ3n) is 1.57. The Hall–Kier alpha value is 0.0969. The van der Waals surface area contributed by atoms with Gasteiger partial charge in [-0.2, -0.15) is 0 Å². The quantitative estimate of drug-likeness (QED) is 0.551. The molecule has 0 fully saturated rings. The van der Waals surface area contributed by atoms with Crippen LogP contribution < -0.4 is 5.73 Å². The Morgan fingerprint density at radius 3 is 1.86 bits per heavy atom. The minimum Gasteiger partial charge on any atom is -0.400 e. The molecule has 0 aliphatic carbocycles. The minimum atomic E-state index is -1.22. The first-order chi connectivity index (χ1) is 6.58. The maximum absolute atomic E-state index is 5.16. The molecule has 0 aliphatic heterocycles. The van der Waals surface area contributed by atoms with Crippen LogP contribution in [0, 0.1) is 0 Å². The molecule has 0 rings (SSSR count). The van der Waals surface area contributed by atoms with Crippen LogP contribution in [0.3, 0.4) is 0 Å². The van der Waals surface area contributed by atoms with Gasteiger partial charge in [0.05, 0.1) is 0 Å². The van der Waals surface area contributed by atoms with E-state index >= 15 is 0 Å². The Labute approximate surface area is 90.8 Å². The van der Waals surface area contributed by atoms with Crippen molar-refractivity contribution in [1.29, 1.82) is 0 Å². The van der Waals surface area contributed by atoms with E-state index in [-0.39, 0.29) is 0 Å². The summed E-state index contributed by atoms with van der Waals surface area (Å²) in [6.07, 6.45) is 3.83. The summed E-state index contributed by atoms with van der Waals surface area (Å²) in [6.45, 7) is 6.09. The van der Waals surface area contributed by atoms with Gasteiger partial charge in [0.15, 0.2) is 0 Å². The van der Waals surface area contributed by atoms with E-state index in [9.17, 15) is 0 Å². The smallest absolute Gasteiger partial charge is 0.320 e. The van der Waals surface area contributed by atoms with E-state index in [4.69, 9.17) is 14.6 Å².